The number of phenolic OH excluding ortho intramolecular Hbond substituents is 1. The molecule has 4 nitrogen and oxygen atoms in total. The lowest BCUT2D eigenvalue weighted by Crippen LogP contribution is -2.41. The number of aliphatic hydroxyl groups is 1. The third kappa shape index (κ3) is 6.27. The van der Waals surface area contributed by atoms with Gasteiger partial charge in [-0.15, -0.1) is 0 Å². The van der Waals surface area contributed by atoms with Gasteiger partial charge in [-0.25, -0.2) is 4.39 Å². The lowest BCUT2D eigenvalue weighted by Gasteiger charge is -2.29. The summed E-state index contributed by atoms with van der Waals surface area (Å²) < 4.78 is 53.0. The van der Waals surface area contributed by atoms with Crippen molar-refractivity contribution >= 4 is 17.5 Å². The predicted octanol–water partition coefficient (Wildman–Crippen LogP) is 5.84. The van der Waals surface area contributed by atoms with Crippen LogP contribution in [0, 0.1) is 5.82 Å². The third-order valence-electron chi connectivity index (χ3n) is 5.46. The number of amides is 1. The lowest BCUT2D eigenvalue weighted by atomic mass is 9.87. The van der Waals surface area contributed by atoms with E-state index in [9.17, 15) is 32.6 Å². The summed E-state index contributed by atoms with van der Waals surface area (Å²) in [5.41, 5.74) is -2.34. The van der Waals surface area contributed by atoms with Gasteiger partial charge >= 0.3 is 6.18 Å². The molecule has 3 aromatic carbocycles. The molecule has 0 aliphatic rings. The number of hydrogen-bond donors (Lipinski definition) is 3. The van der Waals surface area contributed by atoms with E-state index in [0.717, 1.165) is 12.1 Å². The molecule has 0 fully saturated rings. The molecule has 1 amide bonds. The van der Waals surface area contributed by atoms with Crippen molar-refractivity contribution < 1.29 is 32.6 Å². The molecule has 3 aromatic rings. The second-order valence-electron chi connectivity index (χ2n) is 7.90. The molecule has 0 aliphatic carbocycles. The zero-order valence-electron chi connectivity index (χ0n) is 17.9. The average molecular weight is 496 g/mol. The van der Waals surface area contributed by atoms with Crippen LogP contribution in [0.5, 0.6) is 5.75 Å². The molecule has 9 heteroatoms. The fourth-order valence-electron chi connectivity index (χ4n) is 3.61. The van der Waals surface area contributed by atoms with Gasteiger partial charge in [0.25, 0.3) is 5.91 Å². The van der Waals surface area contributed by atoms with Crippen molar-refractivity contribution in [2.45, 2.75) is 31.0 Å². The molecule has 0 radical (unpaired) electrons. The monoisotopic (exact) mass is 495 g/mol. The van der Waals surface area contributed by atoms with Crippen molar-refractivity contribution in [3.8, 4) is 5.75 Å². The number of rotatable bonds is 8. The first-order valence-corrected chi connectivity index (χ1v) is 10.8. The summed E-state index contributed by atoms with van der Waals surface area (Å²) in [5.74, 6) is -1.62. The normalized spacial score (nSPS) is 13.4. The molecular formula is C25H22ClF4NO3. The van der Waals surface area contributed by atoms with Gasteiger partial charge in [-0.2, -0.15) is 13.2 Å². The maximum atomic E-state index is 14.1. The Balaban J connectivity index is 1.78. The van der Waals surface area contributed by atoms with Crippen LogP contribution in [0.4, 0.5) is 17.6 Å². The molecule has 0 heterocycles. The van der Waals surface area contributed by atoms with E-state index in [2.05, 4.69) is 5.32 Å². The number of para-hydroxylation sites is 1. The highest BCUT2D eigenvalue weighted by molar-refractivity contribution is 6.30. The minimum Gasteiger partial charge on any atom is -0.507 e. The number of hydrogen-bond acceptors (Lipinski definition) is 3. The minimum absolute atomic E-state index is 0.00984. The van der Waals surface area contributed by atoms with Crippen LogP contribution in [0.25, 0.3) is 0 Å². The zero-order valence-corrected chi connectivity index (χ0v) is 18.6. The Kier molecular flexibility index (Phi) is 7.84. The first-order chi connectivity index (χ1) is 16.0. The van der Waals surface area contributed by atoms with Crippen LogP contribution >= 0.6 is 11.6 Å². The maximum absolute atomic E-state index is 14.1. The Labute approximate surface area is 198 Å². The molecule has 1 atom stereocenters. The average Bonchev–Trinajstić information content (AvgIpc) is 2.78. The molecule has 0 bridgehead atoms. The summed E-state index contributed by atoms with van der Waals surface area (Å²) in [4.78, 5) is 12.5. The first kappa shape index (κ1) is 25.5. The maximum Gasteiger partial charge on any atom is 0.416 e. The SMILES string of the molecule is O=C(NCC(O)(CCCc1cc(C(F)(F)F)ccc1F)c1cccc(Cl)c1)c1ccccc1O. The van der Waals surface area contributed by atoms with E-state index in [0.29, 0.717) is 16.7 Å². The summed E-state index contributed by atoms with van der Waals surface area (Å²) >= 11 is 6.05. The molecule has 1 unspecified atom stereocenters. The highest BCUT2D eigenvalue weighted by Crippen LogP contribution is 2.32. The van der Waals surface area contributed by atoms with Crippen molar-refractivity contribution in [2.24, 2.45) is 0 Å². The zero-order chi connectivity index (χ0) is 24.9. The van der Waals surface area contributed by atoms with Crippen molar-refractivity contribution in [2.75, 3.05) is 6.54 Å². The third-order valence-corrected chi connectivity index (χ3v) is 5.70. The van der Waals surface area contributed by atoms with Gasteiger partial charge in [-0.05, 0) is 72.9 Å². The van der Waals surface area contributed by atoms with E-state index < -0.39 is 29.1 Å². The topological polar surface area (TPSA) is 69.6 Å². The summed E-state index contributed by atoms with van der Waals surface area (Å²) in [6.07, 6.45) is -4.55. The van der Waals surface area contributed by atoms with E-state index in [1.54, 1.807) is 30.3 Å². The van der Waals surface area contributed by atoms with Gasteiger partial charge in [0.1, 0.15) is 17.2 Å². The van der Waals surface area contributed by atoms with Gasteiger partial charge in [0.05, 0.1) is 17.7 Å². The summed E-state index contributed by atoms with van der Waals surface area (Å²) in [6.45, 7) is -0.272. The Morgan fingerprint density at radius 3 is 2.38 bits per heavy atom. The number of benzene rings is 3. The number of nitrogens with one attached hydrogen (secondary N) is 1. The van der Waals surface area contributed by atoms with Crippen molar-refractivity contribution in [3.05, 3.63) is 99.8 Å². The number of carbonyl (C=O) groups excluding carboxylic acids is 1. The van der Waals surface area contributed by atoms with Crippen LogP contribution in [0.2, 0.25) is 5.02 Å². The predicted molar refractivity (Wildman–Crippen MR) is 120 cm³/mol. The standard InChI is InChI=1S/C25H22ClF4NO3/c26-19-7-3-6-17(14-19)24(34,15-31-23(33)20-8-1-2-9-22(20)32)12-4-5-16-13-18(25(28,29)30)10-11-21(16)27/h1-3,6-11,13-14,32,34H,4-5,12,15H2,(H,31,33). The second-order valence-corrected chi connectivity index (χ2v) is 8.34. The summed E-state index contributed by atoms with van der Waals surface area (Å²) in [7, 11) is 0. The van der Waals surface area contributed by atoms with Crippen LogP contribution in [0.3, 0.4) is 0 Å². The Morgan fingerprint density at radius 2 is 1.71 bits per heavy atom. The van der Waals surface area contributed by atoms with E-state index >= 15 is 0 Å². The molecule has 180 valence electrons. The molecule has 0 saturated heterocycles. The smallest absolute Gasteiger partial charge is 0.416 e. The Morgan fingerprint density at radius 1 is 0.971 bits per heavy atom. The van der Waals surface area contributed by atoms with E-state index in [1.165, 1.54) is 18.2 Å². The number of phenols is 1. The number of alkyl halides is 3. The van der Waals surface area contributed by atoms with Crippen molar-refractivity contribution in [1.82, 2.24) is 5.32 Å². The van der Waals surface area contributed by atoms with Crippen LogP contribution < -0.4 is 5.32 Å². The second kappa shape index (κ2) is 10.4. The van der Waals surface area contributed by atoms with Gasteiger partial charge in [-0.3, -0.25) is 4.79 Å². The molecule has 34 heavy (non-hydrogen) atoms. The number of halogens is 5. The van der Waals surface area contributed by atoms with Crippen molar-refractivity contribution in [1.29, 1.82) is 0 Å². The Hall–Kier alpha value is -3.10. The molecule has 0 saturated carbocycles. The molecule has 3 rings (SSSR count). The van der Waals surface area contributed by atoms with E-state index in [-0.39, 0.29) is 42.7 Å². The van der Waals surface area contributed by atoms with Crippen molar-refractivity contribution in [3.63, 3.8) is 0 Å². The van der Waals surface area contributed by atoms with E-state index in [4.69, 9.17) is 11.6 Å². The highest BCUT2D eigenvalue weighted by Gasteiger charge is 2.32. The fourth-order valence-corrected chi connectivity index (χ4v) is 3.80. The van der Waals surface area contributed by atoms with E-state index in [1.807, 2.05) is 0 Å². The largest absolute Gasteiger partial charge is 0.507 e. The number of aromatic hydroxyl groups is 1. The molecular weight excluding hydrogens is 474 g/mol. The molecule has 3 N–H and O–H groups in total. The van der Waals surface area contributed by atoms with Crippen LogP contribution in [0.1, 0.15) is 39.9 Å². The lowest BCUT2D eigenvalue weighted by molar-refractivity contribution is -0.137. The van der Waals surface area contributed by atoms with Gasteiger partial charge in [0, 0.05) is 5.02 Å². The van der Waals surface area contributed by atoms with Gasteiger partial charge in [0.2, 0.25) is 0 Å². The van der Waals surface area contributed by atoms with Gasteiger partial charge in [-0.1, -0.05) is 35.9 Å². The quantitative estimate of drug-likeness (QED) is 0.344. The highest BCUT2D eigenvalue weighted by atomic mass is 35.5. The molecule has 0 aliphatic heterocycles. The van der Waals surface area contributed by atoms with Gasteiger partial charge < -0.3 is 15.5 Å². The molecule has 0 aromatic heterocycles. The Bertz CT molecular complexity index is 1170. The number of carbonyl (C=O) groups is 1. The number of aryl methyl sites for hydroxylation is 1. The summed E-state index contributed by atoms with van der Waals surface area (Å²) in [6, 6.07) is 14.4. The van der Waals surface area contributed by atoms with Crippen LogP contribution in [0.15, 0.2) is 66.7 Å². The first-order valence-electron chi connectivity index (χ1n) is 10.4. The van der Waals surface area contributed by atoms with Gasteiger partial charge in [0.15, 0.2) is 0 Å². The summed E-state index contributed by atoms with van der Waals surface area (Å²) in [5, 5.41) is 24.2. The van der Waals surface area contributed by atoms with Crippen LogP contribution in [-0.4, -0.2) is 22.7 Å². The van der Waals surface area contributed by atoms with Crippen LogP contribution in [-0.2, 0) is 18.2 Å². The fraction of sp³-hybridized carbons (Fsp3) is 0.240. The minimum atomic E-state index is -4.60. The molecule has 0 spiro atoms.